The predicted octanol–water partition coefficient (Wildman–Crippen LogP) is 1.40. The van der Waals surface area contributed by atoms with Crippen molar-refractivity contribution in [1.82, 2.24) is 9.62 Å². The van der Waals surface area contributed by atoms with Crippen molar-refractivity contribution in [2.24, 2.45) is 5.92 Å². The van der Waals surface area contributed by atoms with Crippen molar-refractivity contribution in [2.75, 3.05) is 35.8 Å². The Kier molecular flexibility index (Phi) is 5.19. The summed E-state index contributed by atoms with van der Waals surface area (Å²) in [5.41, 5.74) is 1.57. The van der Waals surface area contributed by atoms with E-state index in [1.165, 1.54) is 0 Å². The van der Waals surface area contributed by atoms with E-state index in [-0.39, 0.29) is 12.0 Å². The zero-order valence-corrected chi connectivity index (χ0v) is 15.6. The summed E-state index contributed by atoms with van der Waals surface area (Å²) in [7, 11) is -3.55. The molecule has 0 aromatic heterocycles. The molecule has 3 rings (SSSR count). The zero-order chi connectivity index (χ0) is 18.0. The quantitative estimate of drug-likeness (QED) is 0.797. The third-order valence-electron chi connectivity index (χ3n) is 4.39. The molecule has 1 aromatic carbocycles. The van der Waals surface area contributed by atoms with Gasteiger partial charge in [0.1, 0.15) is 0 Å². The van der Waals surface area contributed by atoms with E-state index in [4.69, 9.17) is 0 Å². The minimum atomic E-state index is -3.55. The Hall–Kier alpha value is -1.80. The predicted molar refractivity (Wildman–Crippen MR) is 98.8 cm³/mol. The highest BCUT2D eigenvalue weighted by atomic mass is 32.2. The number of nitrogens with zero attached hydrogens (tertiary/aromatic N) is 2. The van der Waals surface area contributed by atoms with Crippen LogP contribution < -0.4 is 14.3 Å². The van der Waals surface area contributed by atoms with Crippen LogP contribution in [-0.4, -0.2) is 51.4 Å². The van der Waals surface area contributed by atoms with E-state index in [9.17, 15) is 13.2 Å². The van der Waals surface area contributed by atoms with E-state index >= 15 is 0 Å². The minimum Gasteiger partial charge on any atom is -0.368 e. The fourth-order valence-corrected chi connectivity index (χ4v) is 4.13. The highest BCUT2D eigenvalue weighted by molar-refractivity contribution is 7.90. The van der Waals surface area contributed by atoms with Gasteiger partial charge in [0.2, 0.25) is 5.91 Å². The molecule has 1 aliphatic carbocycles. The summed E-state index contributed by atoms with van der Waals surface area (Å²) >= 11 is 0. The highest BCUT2D eigenvalue weighted by Gasteiger charge is 2.34. The summed E-state index contributed by atoms with van der Waals surface area (Å²) in [6.45, 7) is 6.66. The van der Waals surface area contributed by atoms with Gasteiger partial charge in [0, 0.05) is 49.5 Å². The van der Waals surface area contributed by atoms with E-state index in [1.807, 2.05) is 17.0 Å². The molecular formula is C17H26N4O3S. The zero-order valence-electron chi connectivity index (χ0n) is 14.7. The SMILES string of the molecule is CC(C)NS(=O)(=O)Nc1ccc(N2CCN(C(=O)C3CC3)CC2)cc1. The normalized spacial score (nSPS) is 18.5. The van der Waals surface area contributed by atoms with Gasteiger partial charge in [-0.2, -0.15) is 13.1 Å². The first-order valence-corrected chi connectivity index (χ1v) is 10.3. The summed E-state index contributed by atoms with van der Waals surface area (Å²) in [6, 6.07) is 7.18. The Morgan fingerprint density at radius 3 is 2.20 bits per heavy atom. The van der Waals surface area contributed by atoms with E-state index in [0.29, 0.717) is 11.6 Å². The summed E-state index contributed by atoms with van der Waals surface area (Å²) in [6.07, 6.45) is 2.09. The van der Waals surface area contributed by atoms with Crippen molar-refractivity contribution >= 4 is 27.5 Å². The van der Waals surface area contributed by atoms with Gasteiger partial charge in [0.15, 0.2) is 0 Å². The maximum atomic E-state index is 12.1. The molecule has 1 saturated carbocycles. The summed E-state index contributed by atoms with van der Waals surface area (Å²) in [4.78, 5) is 16.3. The first kappa shape index (κ1) is 18.0. The fraction of sp³-hybridized carbons (Fsp3) is 0.588. The first-order chi connectivity index (χ1) is 11.8. The lowest BCUT2D eigenvalue weighted by Gasteiger charge is -2.36. The second-order valence-electron chi connectivity index (χ2n) is 7.01. The standard InChI is InChI=1S/C17H26N4O3S/c1-13(2)18-25(23,24)19-15-5-7-16(8-6-15)20-9-11-21(12-10-20)17(22)14-3-4-14/h5-8,13-14,18-19H,3-4,9-12H2,1-2H3. The van der Waals surface area contributed by atoms with Gasteiger partial charge in [-0.1, -0.05) is 0 Å². The van der Waals surface area contributed by atoms with Crippen LogP contribution in [0.4, 0.5) is 11.4 Å². The van der Waals surface area contributed by atoms with Gasteiger partial charge in [-0.3, -0.25) is 9.52 Å². The van der Waals surface area contributed by atoms with E-state index in [1.54, 1.807) is 26.0 Å². The number of carbonyl (C=O) groups excluding carboxylic acids is 1. The van der Waals surface area contributed by atoms with Gasteiger partial charge >= 0.3 is 0 Å². The van der Waals surface area contributed by atoms with Crippen LogP contribution in [0, 0.1) is 5.92 Å². The van der Waals surface area contributed by atoms with E-state index in [0.717, 1.165) is 44.7 Å². The summed E-state index contributed by atoms with van der Waals surface area (Å²) < 4.78 is 28.8. The third kappa shape index (κ3) is 4.85. The average Bonchev–Trinajstić information content (AvgIpc) is 3.38. The average molecular weight is 366 g/mol. The van der Waals surface area contributed by atoms with Crippen molar-refractivity contribution in [3.63, 3.8) is 0 Å². The minimum absolute atomic E-state index is 0.161. The third-order valence-corrected chi connectivity index (χ3v) is 5.68. The molecule has 7 nitrogen and oxygen atoms in total. The molecule has 8 heteroatoms. The van der Waals surface area contributed by atoms with Crippen LogP contribution in [0.3, 0.4) is 0 Å². The number of benzene rings is 1. The number of hydrogen-bond acceptors (Lipinski definition) is 4. The van der Waals surface area contributed by atoms with Crippen molar-refractivity contribution in [3.05, 3.63) is 24.3 Å². The number of amides is 1. The van der Waals surface area contributed by atoms with Crippen molar-refractivity contribution in [2.45, 2.75) is 32.7 Å². The molecule has 0 spiro atoms. The lowest BCUT2D eigenvalue weighted by atomic mass is 10.2. The van der Waals surface area contributed by atoms with Crippen LogP contribution in [0.1, 0.15) is 26.7 Å². The molecule has 0 unspecified atom stereocenters. The van der Waals surface area contributed by atoms with Crippen molar-refractivity contribution in [1.29, 1.82) is 0 Å². The molecule has 0 bridgehead atoms. The molecule has 1 aromatic rings. The number of rotatable bonds is 6. The van der Waals surface area contributed by atoms with Crippen LogP contribution >= 0.6 is 0 Å². The number of anilines is 2. The van der Waals surface area contributed by atoms with Crippen molar-refractivity contribution in [3.8, 4) is 0 Å². The molecule has 2 fully saturated rings. The van der Waals surface area contributed by atoms with Gasteiger partial charge in [-0.05, 0) is 51.0 Å². The number of piperazine rings is 1. The molecule has 2 N–H and O–H groups in total. The largest absolute Gasteiger partial charge is 0.368 e. The van der Waals surface area contributed by atoms with Crippen LogP contribution in [-0.2, 0) is 15.0 Å². The number of carbonyl (C=O) groups is 1. The smallest absolute Gasteiger partial charge is 0.299 e. The van der Waals surface area contributed by atoms with Gasteiger partial charge in [-0.25, -0.2) is 0 Å². The maximum absolute atomic E-state index is 12.1. The second kappa shape index (κ2) is 7.21. The Morgan fingerprint density at radius 1 is 1.08 bits per heavy atom. The summed E-state index contributed by atoms with van der Waals surface area (Å²) in [5.74, 6) is 0.584. The van der Waals surface area contributed by atoms with Crippen LogP contribution in [0.5, 0.6) is 0 Å². The molecule has 1 aliphatic heterocycles. The highest BCUT2D eigenvalue weighted by Crippen LogP contribution is 2.31. The lowest BCUT2D eigenvalue weighted by molar-refractivity contribution is -0.132. The Morgan fingerprint density at radius 2 is 1.68 bits per heavy atom. The molecular weight excluding hydrogens is 340 g/mol. The summed E-state index contributed by atoms with van der Waals surface area (Å²) in [5, 5.41) is 0. The second-order valence-corrected chi connectivity index (χ2v) is 8.46. The van der Waals surface area contributed by atoms with Crippen molar-refractivity contribution < 1.29 is 13.2 Å². The van der Waals surface area contributed by atoms with E-state index in [2.05, 4.69) is 14.3 Å². The number of nitrogens with one attached hydrogen (secondary N) is 2. The molecule has 2 aliphatic rings. The van der Waals surface area contributed by atoms with E-state index < -0.39 is 10.2 Å². The van der Waals surface area contributed by atoms with Gasteiger partial charge < -0.3 is 9.80 Å². The molecule has 0 radical (unpaired) electrons. The Balaban J connectivity index is 1.55. The van der Waals surface area contributed by atoms with Crippen LogP contribution in [0.2, 0.25) is 0 Å². The molecule has 1 amide bonds. The lowest BCUT2D eigenvalue weighted by Crippen LogP contribution is -2.49. The monoisotopic (exact) mass is 366 g/mol. The first-order valence-electron chi connectivity index (χ1n) is 8.78. The fourth-order valence-electron chi connectivity index (χ4n) is 3.01. The van der Waals surface area contributed by atoms with Gasteiger partial charge in [-0.15, -0.1) is 0 Å². The van der Waals surface area contributed by atoms with Crippen LogP contribution in [0.25, 0.3) is 0 Å². The topological polar surface area (TPSA) is 81.8 Å². The molecule has 138 valence electrons. The Labute approximate surface area is 149 Å². The molecule has 1 saturated heterocycles. The molecule has 1 heterocycles. The Bertz CT molecular complexity index is 706. The van der Waals surface area contributed by atoms with Crippen LogP contribution in [0.15, 0.2) is 24.3 Å². The van der Waals surface area contributed by atoms with Gasteiger partial charge in [0.05, 0.1) is 0 Å². The number of hydrogen-bond donors (Lipinski definition) is 2. The van der Waals surface area contributed by atoms with Gasteiger partial charge in [0.25, 0.3) is 10.2 Å². The molecule has 0 atom stereocenters. The molecule has 25 heavy (non-hydrogen) atoms. The maximum Gasteiger partial charge on any atom is 0.299 e.